The summed E-state index contributed by atoms with van der Waals surface area (Å²) in [5.74, 6) is -0.399. The lowest BCUT2D eigenvalue weighted by molar-refractivity contribution is -0.132. The number of benzene rings is 1. The Morgan fingerprint density at radius 2 is 1.77 bits per heavy atom. The predicted molar refractivity (Wildman–Crippen MR) is 99.4 cm³/mol. The van der Waals surface area contributed by atoms with Crippen LogP contribution in [0.3, 0.4) is 0 Å². The van der Waals surface area contributed by atoms with Crippen LogP contribution in [0.2, 0.25) is 5.02 Å². The van der Waals surface area contributed by atoms with E-state index in [4.69, 9.17) is 16.3 Å². The number of hydrogen-bond donors (Lipinski definition) is 0. The van der Waals surface area contributed by atoms with E-state index in [0.717, 1.165) is 5.56 Å². The number of piperazine rings is 1. The molecule has 26 heavy (non-hydrogen) atoms. The van der Waals surface area contributed by atoms with Gasteiger partial charge in [0.25, 0.3) is 0 Å². The maximum Gasteiger partial charge on any atom is 0.409 e. The smallest absolute Gasteiger partial charge is 0.409 e. The monoisotopic (exact) mass is 381 g/mol. The fourth-order valence-electron chi connectivity index (χ4n) is 2.72. The van der Waals surface area contributed by atoms with Crippen LogP contribution in [0.25, 0.3) is 0 Å². The first-order valence-corrected chi connectivity index (χ1v) is 8.95. The normalized spacial score (nSPS) is 14.2. The number of carbonyl (C=O) groups is 3. The molecule has 1 aliphatic rings. The molecule has 0 spiro atoms. The summed E-state index contributed by atoms with van der Waals surface area (Å²) >= 11 is 6.14. The summed E-state index contributed by atoms with van der Waals surface area (Å²) in [7, 11) is 0. The van der Waals surface area contributed by atoms with Crippen molar-refractivity contribution >= 4 is 35.2 Å². The number of ether oxygens (including phenoxy) is 1. The number of halogens is 1. The maximum atomic E-state index is 12.6. The van der Waals surface area contributed by atoms with Crippen molar-refractivity contribution in [3.05, 3.63) is 28.8 Å². The van der Waals surface area contributed by atoms with Gasteiger partial charge in [0.1, 0.15) is 6.54 Å². The average molecular weight is 382 g/mol. The lowest BCUT2D eigenvalue weighted by atomic mass is 10.2. The molecule has 1 aromatic carbocycles. The van der Waals surface area contributed by atoms with Gasteiger partial charge in [-0.3, -0.25) is 9.59 Å². The van der Waals surface area contributed by atoms with Crippen molar-refractivity contribution in [1.29, 1.82) is 0 Å². The number of carbonyl (C=O) groups excluding carboxylic acids is 3. The van der Waals surface area contributed by atoms with Crippen LogP contribution in [-0.2, 0) is 14.3 Å². The van der Waals surface area contributed by atoms with Gasteiger partial charge in [0.15, 0.2) is 0 Å². The zero-order chi connectivity index (χ0) is 19.3. The highest BCUT2D eigenvalue weighted by atomic mass is 35.5. The summed E-state index contributed by atoms with van der Waals surface area (Å²) < 4.78 is 4.97. The van der Waals surface area contributed by atoms with Crippen LogP contribution in [0.15, 0.2) is 18.2 Å². The van der Waals surface area contributed by atoms with E-state index >= 15 is 0 Å². The van der Waals surface area contributed by atoms with Gasteiger partial charge in [0.2, 0.25) is 11.8 Å². The van der Waals surface area contributed by atoms with Crippen LogP contribution in [-0.4, -0.2) is 67.0 Å². The van der Waals surface area contributed by atoms with Gasteiger partial charge in [-0.15, -0.1) is 0 Å². The highest BCUT2D eigenvalue weighted by molar-refractivity contribution is 6.31. The SMILES string of the molecule is CCOC(=O)N1CCN(C(=O)CN(C(C)=O)c2ccc(C)c(Cl)c2)CC1. The van der Waals surface area contributed by atoms with Crippen LogP contribution < -0.4 is 4.90 Å². The summed E-state index contributed by atoms with van der Waals surface area (Å²) in [5, 5.41) is 0.546. The first kappa shape index (κ1) is 20.0. The fraction of sp³-hybridized carbons (Fsp3) is 0.500. The molecule has 0 radical (unpaired) electrons. The third-order valence-electron chi connectivity index (χ3n) is 4.30. The molecular formula is C18H24ClN3O4. The van der Waals surface area contributed by atoms with Gasteiger partial charge in [-0.05, 0) is 31.5 Å². The molecule has 8 heteroatoms. The second-order valence-corrected chi connectivity index (χ2v) is 6.51. The molecule has 1 saturated heterocycles. The molecule has 1 heterocycles. The van der Waals surface area contributed by atoms with Crippen LogP contribution in [0.5, 0.6) is 0 Å². The van der Waals surface area contributed by atoms with Crippen molar-refractivity contribution in [2.75, 3.05) is 44.2 Å². The van der Waals surface area contributed by atoms with Crippen LogP contribution in [0.1, 0.15) is 19.4 Å². The molecule has 0 saturated carbocycles. The number of rotatable bonds is 4. The van der Waals surface area contributed by atoms with Gasteiger partial charge >= 0.3 is 6.09 Å². The molecular weight excluding hydrogens is 358 g/mol. The highest BCUT2D eigenvalue weighted by Gasteiger charge is 2.26. The van der Waals surface area contributed by atoms with E-state index in [1.807, 2.05) is 13.0 Å². The molecule has 0 aromatic heterocycles. The molecule has 0 unspecified atom stereocenters. The molecule has 0 bridgehead atoms. The molecule has 0 N–H and O–H groups in total. The highest BCUT2D eigenvalue weighted by Crippen LogP contribution is 2.23. The Bertz CT molecular complexity index is 687. The Labute approximate surface area is 158 Å². The van der Waals surface area contributed by atoms with Crippen molar-refractivity contribution in [3.63, 3.8) is 0 Å². The van der Waals surface area contributed by atoms with Gasteiger partial charge in [0.05, 0.1) is 6.61 Å². The van der Waals surface area contributed by atoms with Gasteiger partial charge in [-0.25, -0.2) is 4.79 Å². The number of nitrogens with zero attached hydrogens (tertiary/aromatic N) is 3. The summed E-state index contributed by atoms with van der Waals surface area (Å²) in [4.78, 5) is 41.0. The van der Waals surface area contributed by atoms with E-state index in [1.165, 1.54) is 11.8 Å². The second-order valence-electron chi connectivity index (χ2n) is 6.11. The van der Waals surface area contributed by atoms with Gasteiger partial charge in [-0.1, -0.05) is 17.7 Å². The Kier molecular flexibility index (Phi) is 6.85. The van der Waals surface area contributed by atoms with Gasteiger partial charge in [-0.2, -0.15) is 0 Å². The Hall–Kier alpha value is -2.28. The molecule has 3 amide bonds. The topological polar surface area (TPSA) is 70.2 Å². The quantitative estimate of drug-likeness (QED) is 0.802. The molecule has 0 atom stereocenters. The minimum atomic E-state index is -0.362. The summed E-state index contributed by atoms with van der Waals surface area (Å²) in [5.41, 5.74) is 1.49. The van der Waals surface area contributed by atoms with E-state index in [9.17, 15) is 14.4 Å². The van der Waals surface area contributed by atoms with Crippen LogP contribution in [0.4, 0.5) is 10.5 Å². The van der Waals surface area contributed by atoms with Gasteiger partial charge < -0.3 is 19.4 Å². The largest absolute Gasteiger partial charge is 0.450 e. The number of hydrogen-bond acceptors (Lipinski definition) is 4. The van der Waals surface area contributed by atoms with Crippen LogP contribution in [0, 0.1) is 6.92 Å². The van der Waals surface area contributed by atoms with E-state index in [-0.39, 0.29) is 24.5 Å². The second kappa shape index (κ2) is 8.89. The summed E-state index contributed by atoms with van der Waals surface area (Å²) in [6, 6.07) is 5.27. The minimum absolute atomic E-state index is 0.0614. The van der Waals surface area contributed by atoms with E-state index < -0.39 is 0 Å². The summed E-state index contributed by atoms with van der Waals surface area (Å²) in [6.45, 7) is 6.97. The average Bonchev–Trinajstić information content (AvgIpc) is 2.62. The third kappa shape index (κ3) is 4.88. The molecule has 1 fully saturated rings. The molecule has 1 aromatic rings. The van der Waals surface area contributed by atoms with E-state index in [2.05, 4.69) is 0 Å². The van der Waals surface area contributed by atoms with Crippen molar-refractivity contribution in [1.82, 2.24) is 9.80 Å². The molecule has 1 aliphatic heterocycles. The van der Waals surface area contributed by atoms with Crippen molar-refractivity contribution in [3.8, 4) is 0 Å². The Morgan fingerprint density at radius 1 is 1.15 bits per heavy atom. The summed E-state index contributed by atoms with van der Waals surface area (Å²) in [6.07, 6.45) is -0.362. The van der Waals surface area contributed by atoms with Gasteiger partial charge in [0, 0.05) is 43.8 Å². The zero-order valence-electron chi connectivity index (χ0n) is 15.3. The first-order chi connectivity index (χ1) is 12.3. The third-order valence-corrected chi connectivity index (χ3v) is 4.71. The molecule has 7 nitrogen and oxygen atoms in total. The maximum absolute atomic E-state index is 12.6. The molecule has 0 aliphatic carbocycles. The standard InChI is InChI=1S/C18H24ClN3O4/c1-4-26-18(25)21-9-7-20(8-10-21)17(24)12-22(14(3)23)15-6-5-13(2)16(19)11-15/h5-6,11H,4,7-10,12H2,1-3H3. The number of amides is 3. The van der Waals surface area contributed by atoms with Crippen LogP contribution >= 0.6 is 11.6 Å². The fourth-order valence-corrected chi connectivity index (χ4v) is 2.90. The first-order valence-electron chi connectivity index (χ1n) is 8.57. The van der Waals surface area contributed by atoms with E-state index in [1.54, 1.807) is 28.9 Å². The number of anilines is 1. The van der Waals surface area contributed by atoms with E-state index in [0.29, 0.717) is 43.5 Å². The molecule has 142 valence electrons. The van der Waals surface area contributed by atoms with Crippen molar-refractivity contribution < 1.29 is 19.1 Å². The van der Waals surface area contributed by atoms with Crippen molar-refractivity contribution in [2.45, 2.75) is 20.8 Å². The lowest BCUT2D eigenvalue weighted by Crippen LogP contribution is -2.53. The lowest BCUT2D eigenvalue weighted by Gasteiger charge is -2.35. The zero-order valence-corrected chi connectivity index (χ0v) is 16.1. The Morgan fingerprint density at radius 3 is 2.31 bits per heavy atom. The minimum Gasteiger partial charge on any atom is -0.450 e. The predicted octanol–water partition coefficient (Wildman–Crippen LogP) is 2.30. The Balaban J connectivity index is 1.99. The number of aryl methyl sites for hydroxylation is 1. The molecule has 2 rings (SSSR count). The van der Waals surface area contributed by atoms with Crippen molar-refractivity contribution in [2.24, 2.45) is 0 Å².